The number of benzene rings is 1. The van der Waals surface area contributed by atoms with Crippen LogP contribution in [-0.2, 0) is 4.74 Å². The molecular weight excluding hydrogens is 255 g/mol. The zero-order chi connectivity index (χ0) is 14.6. The molecule has 1 aromatic carbocycles. The smallest absolute Gasteiger partial charge is 0.125 e. The van der Waals surface area contributed by atoms with Gasteiger partial charge in [-0.15, -0.1) is 0 Å². The van der Waals surface area contributed by atoms with Gasteiger partial charge in [0.05, 0.1) is 11.7 Å². The molecule has 1 unspecified atom stereocenters. The molecule has 0 spiro atoms. The van der Waals surface area contributed by atoms with E-state index in [0.717, 1.165) is 38.0 Å². The highest BCUT2D eigenvalue weighted by atomic mass is 19.1. The number of nitrogens with two attached hydrogens (primary N) is 1. The quantitative estimate of drug-likeness (QED) is 0.870. The molecule has 2 rings (SSSR count). The van der Waals surface area contributed by atoms with Gasteiger partial charge in [0.2, 0.25) is 0 Å². The van der Waals surface area contributed by atoms with Crippen LogP contribution < -0.4 is 10.6 Å². The van der Waals surface area contributed by atoms with Gasteiger partial charge >= 0.3 is 0 Å². The minimum atomic E-state index is -0.201. The Kier molecular flexibility index (Phi) is 5.00. The van der Waals surface area contributed by atoms with Gasteiger partial charge in [0.1, 0.15) is 5.82 Å². The zero-order valence-electron chi connectivity index (χ0n) is 12.4. The lowest BCUT2D eigenvalue weighted by atomic mass is 10.1. The van der Waals surface area contributed by atoms with E-state index in [1.807, 2.05) is 6.07 Å². The molecular formula is C16H25FN2O. The highest BCUT2D eigenvalue weighted by Gasteiger charge is 2.32. The second kappa shape index (κ2) is 6.55. The van der Waals surface area contributed by atoms with E-state index in [0.29, 0.717) is 6.54 Å². The van der Waals surface area contributed by atoms with Crippen LogP contribution in [0.2, 0.25) is 0 Å². The molecule has 0 amide bonds. The maximum Gasteiger partial charge on any atom is 0.125 e. The number of ether oxygens (including phenoxy) is 1. The van der Waals surface area contributed by atoms with E-state index in [9.17, 15) is 4.39 Å². The van der Waals surface area contributed by atoms with Gasteiger partial charge in [-0.2, -0.15) is 0 Å². The second-order valence-corrected chi connectivity index (χ2v) is 6.11. The highest BCUT2D eigenvalue weighted by Crippen LogP contribution is 2.30. The van der Waals surface area contributed by atoms with Crippen molar-refractivity contribution < 1.29 is 9.13 Å². The predicted octanol–water partition coefficient (Wildman–Crippen LogP) is 2.94. The first-order chi connectivity index (χ1) is 9.50. The second-order valence-electron chi connectivity index (χ2n) is 6.11. The first kappa shape index (κ1) is 15.3. The Hall–Kier alpha value is -1.13. The van der Waals surface area contributed by atoms with Gasteiger partial charge in [-0.1, -0.05) is 6.07 Å². The topological polar surface area (TPSA) is 38.5 Å². The summed E-state index contributed by atoms with van der Waals surface area (Å²) in [7, 11) is 0. The summed E-state index contributed by atoms with van der Waals surface area (Å²) >= 11 is 0. The van der Waals surface area contributed by atoms with Gasteiger partial charge in [0.15, 0.2) is 0 Å². The molecule has 1 saturated heterocycles. The molecule has 20 heavy (non-hydrogen) atoms. The van der Waals surface area contributed by atoms with Gasteiger partial charge in [0, 0.05) is 18.8 Å². The molecule has 4 heteroatoms. The Morgan fingerprint density at radius 2 is 2.25 bits per heavy atom. The van der Waals surface area contributed by atoms with Crippen molar-refractivity contribution in [1.29, 1.82) is 0 Å². The van der Waals surface area contributed by atoms with Gasteiger partial charge in [-0.05, 0) is 57.9 Å². The van der Waals surface area contributed by atoms with Crippen LogP contribution >= 0.6 is 0 Å². The van der Waals surface area contributed by atoms with Crippen LogP contribution in [0.5, 0.6) is 0 Å². The fourth-order valence-corrected chi connectivity index (χ4v) is 2.73. The fraction of sp³-hybridized carbons (Fsp3) is 0.625. The lowest BCUT2D eigenvalue weighted by molar-refractivity contribution is -0.0115. The van der Waals surface area contributed by atoms with Crippen LogP contribution in [0.25, 0.3) is 0 Å². The van der Waals surface area contributed by atoms with Crippen molar-refractivity contribution >= 4 is 5.69 Å². The summed E-state index contributed by atoms with van der Waals surface area (Å²) in [5.74, 6) is -0.201. The Labute approximate surface area is 120 Å². The third kappa shape index (κ3) is 4.18. The number of hydrogen-bond acceptors (Lipinski definition) is 3. The molecule has 1 fully saturated rings. The largest absolute Gasteiger partial charge is 0.371 e. The van der Waals surface area contributed by atoms with Crippen LogP contribution in [0.3, 0.4) is 0 Å². The molecule has 1 atom stereocenters. The van der Waals surface area contributed by atoms with Crippen molar-refractivity contribution in [2.24, 2.45) is 5.73 Å². The van der Waals surface area contributed by atoms with Crippen molar-refractivity contribution in [3.63, 3.8) is 0 Å². The predicted molar refractivity (Wildman–Crippen MR) is 80.5 cm³/mol. The minimum absolute atomic E-state index is 0.0356. The molecule has 0 saturated carbocycles. The van der Waals surface area contributed by atoms with Crippen LogP contribution in [0.15, 0.2) is 24.3 Å². The molecule has 1 aliphatic heterocycles. The lowest BCUT2D eigenvalue weighted by Gasteiger charge is -2.29. The molecule has 0 radical (unpaired) electrons. The van der Waals surface area contributed by atoms with Crippen molar-refractivity contribution in [1.82, 2.24) is 0 Å². The Morgan fingerprint density at radius 3 is 2.85 bits per heavy atom. The summed E-state index contributed by atoms with van der Waals surface area (Å²) < 4.78 is 19.4. The molecule has 2 N–H and O–H groups in total. The van der Waals surface area contributed by atoms with Crippen LogP contribution in [0, 0.1) is 5.82 Å². The van der Waals surface area contributed by atoms with Crippen molar-refractivity contribution in [2.45, 2.75) is 44.8 Å². The number of nitrogens with zero attached hydrogens (tertiary/aromatic N) is 1. The van der Waals surface area contributed by atoms with Gasteiger partial charge in [-0.25, -0.2) is 4.39 Å². The van der Waals surface area contributed by atoms with Crippen molar-refractivity contribution in [2.75, 3.05) is 24.5 Å². The summed E-state index contributed by atoms with van der Waals surface area (Å²) in [6.07, 6.45) is 3.24. The molecule has 0 bridgehead atoms. The summed E-state index contributed by atoms with van der Waals surface area (Å²) in [6.45, 7) is 6.52. The summed E-state index contributed by atoms with van der Waals surface area (Å²) in [6, 6.07) is 6.75. The third-order valence-electron chi connectivity index (χ3n) is 3.78. The molecule has 112 valence electrons. The van der Waals surface area contributed by atoms with Crippen LogP contribution in [0.4, 0.5) is 10.1 Å². The normalized spacial score (nSPS) is 21.1. The lowest BCUT2D eigenvalue weighted by Crippen LogP contribution is -2.35. The molecule has 1 aliphatic rings. The van der Waals surface area contributed by atoms with Crippen molar-refractivity contribution in [3.05, 3.63) is 30.1 Å². The highest BCUT2D eigenvalue weighted by molar-refractivity contribution is 5.46. The van der Waals surface area contributed by atoms with E-state index in [4.69, 9.17) is 10.5 Å². The SMILES string of the molecule is CC1(C)CCC(CN(CCCN)c2cccc(F)c2)O1. The van der Waals surface area contributed by atoms with E-state index in [1.54, 1.807) is 12.1 Å². The number of hydrogen-bond donors (Lipinski definition) is 1. The number of halogens is 1. The van der Waals surface area contributed by atoms with Gasteiger partial charge in [-0.3, -0.25) is 0 Å². The van der Waals surface area contributed by atoms with Gasteiger partial charge < -0.3 is 15.4 Å². The van der Waals surface area contributed by atoms with E-state index < -0.39 is 0 Å². The first-order valence-corrected chi connectivity index (χ1v) is 7.38. The van der Waals surface area contributed by atoms with Crippen LogP contribution in [0.1, 0.15) is 33.1 Å². The number of anilines is 1. The summed E-state index contributed by atoms with van der Waals surface area (Å²) in [4.78, 5) is 2.18. The molecule has 0 aromatic heterocycles. The van der Waals surface area contributed by atoms with E-state index in [-0.39, 0.29) is 17.5 Å². The Balaban J connectivity index is 2.04. The summed E-state index contributed by atoms with van der Waals surface area (Å²) in [5.41, 5.74) is 6.48. The molecule has 3 nitrogen and oxygen atoms in total. The summed E-state index contributed by atoms with van der Waals surface area (Å²) in [5, 5.41) is 0. The van der Waals surface area contributed by atoms with Crippen molar-refractivity contribution in [3.8, 4) is 0 Å². The maximum absolute atomic E-state index is 13.4. The van der Waals surface area contributed by atoms with E-state index >= 15 is 0 Å². The van der Waals surface area contributed by atoms with E-state index in [1.165, 1.54) is 6.07 Å². The zero-order valence-corrected chi connectivity index (χ0v) is 12.4. The molecule has 1 aromatic rings. The molecule has 1 heterocycles. The van der Waals surface area contributed by atoms with Gasteiger partial charge in [0.25, 0.3) is 0 Å². The third-order valence-corrected chi connectivity index (χ3v) is 3.78. The maximum atomic E-state index is 13.4. The minimum Gasteiger partial charge on any atom is -0.371 e. The Morgan fingerprint density at radius 1 is 1.45 bits per heavy atom. The van der Waals surface area contributed by atoms with E-state index in [2.05, 4.69) is 18.7 Å². The molecule has 0 aliphatic carbocycles. The average Bonchev–Trinajstić information content (AvgIpc) is 2.74. The first-order valence-electron chi connectivity index (χ1n) is 7.38. The number of rotatable bonds is 6. The Bertz CT molecular complexity index is 436. The average molecular weight is 280 g/mol. The monoisotopic (exact) mass is 280 g/mol. The van der Waals surface area contributed by atoms with Crippen LogP contribution in [-0.4, -0.2) is 31.3 Å². The fourth-order valence-electron chi connectivity index (χ4n) is 2.73. The standard InChI is InChI=1S/C16H25FN2O/c1-16(2)8-7-15(20-16)12-19(10-4-9-18)14-6-3-5-13(17)11-14/h3,5-6,11,15H,4,7-10,12,18H2,1-2H3.